The first-order chi connectivity index (χ1) is 12.8. The van der Waals surface area contributed by atoms with Crippen molar-refractivity contribution in [2.45, 2.75) is 6.92 Å². The van der Waals surface area contributed by atoms with Gasteiger partial charge in [0.25, 0.3) is 0 Å². The fourth-order valence-electron chi connectivity index (χ4n) is 3.05. The Morgan fingerprint density at radius 2 is 1.74 bits per heavy atom. The van der Waals surface area contributed by atoms with E-state index in [4.69, 9.17) is 10.5 Å². The molecule has 3 N–H and O–H groups in total. The van der Waals surface area contributed by atoms with E-state index < -0.39 is 0 Å². The highest BCUT2D eigenvalue weighted by Gasteiger charge is 2.34. The number of nitrogens with two attached hydrogens (primary N) is 1. The van der Waals surface area contributed by atoms with Crippen molar-refractivity contribution in [1.82, 2.24) is 4.90 Å². The first-order valence-corrected chi connectivity index (χ1v) is 8.51. The van der Waals surface area contributed by atoms with Gasteiger partial charge in [-0.2, -0.15) is 0 Å². The number of anilines is 2. The molecule has 1 aliphatic carbocycles. The maximum absolute atomic E-state index is 13.0. The van der Waals surface area contributed by atoms with E-state index in [1.165, 1.54) is 6.92 Å². The fraction of sp³-hybridized carbons (Fsp3) is 0.250. The van der Waals surface area contributed by atoms with Gasteiger partial charge in [0.05, 0.1) is 22.5 Å². The summed E-state index contributed by atoms with van der Waals surface area (Å²) in [7, 11) is 3.84. The fourth-order valence-corrected chi connectivity index (χ4v) is 3.05. The molecule has 1 amide bonds. The maximum Gasteiger partial charge on any atom is 0.221 e. The second-order valence-corrected chi connectivity index (χ2v) is 6.62. The van der Waals surface area contributed by atoms with Gasteiger partial charge in [0, 0.05) is 24.6 Å². The molecule has 140 valence electrons. The quantitative estimate of drug-likeness (QED) is 0.668. The average molecular weight is 367 g/mol. The molecule has 0 bridgehead atoms. The second-order valence-electron chi connectivity index (χ2n) is 6.62. The summed E-state index contributed by atoms with van der Waals surface area (Å²) in [4.78, 5) is 39.4. The number of hydrogen-bond acceptors (Lipinski definition) is 6. The van der Waals surface area contributed by atoms with Crippen molar-refractivity contribution in [1.29, 1.82) is 0 Å². The Hall–Kier alpha value is -3.19. The molecule has 2 aromatic carbocycles. The lowest BCUT2D eigenvalue weighted by Crippen LogP contribution is -2.25. The van der Waals surface area contributed by atoms with Gasteiger partial charge in [-0.3, -0.25) is 14.4 Å². The van der Waals surface area contributed by atoms with Crippen molar-refractivity contribution in [3.05, 3.63) is 52.6 Å². The van der Waals surface area contributed by atoms with Crippen LogP contribution in [0.25, 0.3) is 0 Å². The van der Waals surface area contributed by atoms with Crippen LogP contribution in [0, 0.1) is 0 Å². The average Bonchev–Trinajstić information content (AvgIpc) is 2.60. The molecule has 0 unspecified atom stereocenters. The van der Waals surface area contributed by atoms with Crippen LogP contribution in [0.15, 0.2) is 30.3 Å². The molecule has 27 heavy (non-hydrogen) atoms. The molecule has 7 nitrogen and oxygen atoms in total. The number of benzene rings is 2. The van der Waals surface area contributed by atoms with Crippen molar-refractivity contribution in [3.8, 4) is 5.75 Å². The lowest BCUT2D eigenvalue weighted by molar-refractivity contribution is -0.114. The third-order valence-corrected chi connectivity index (χ3v) is 4.32. The number of ether oxygens (including phenoxy) is 1. The minimum absolute atomic E-state index is 0.148. The molecule has 3 rings (SSSR count). The first kappa shape index (κ1) is 18.6. The molecular weight excluding hydrogens is 346 g/mol. The Bertz CT molecular complexity index is 950. The number of likely N-dealkylation sites (N-methyl/N-ethyl adjacent to an activating group) is 1. The van der Waals surface area contributed by atoms with E-state index in [0.29, 0.717) is 24.6 Å². The van der Waals surface area contributed by atoms with E-state index in [0.717, 1.165) is 0 Å². The molecule has 0 aliphatic heterocycles. The zero-order valence-corrected chi connectivity index (χ0v) is 15.5. The number of nitrogens with zero attached hydrogens (tertiary/aromatic N) is 1. The molecule has 0 aromatic heterocycles. The Morgan fingerprint density at radius 3 is 2.41 bits per heavy atom. The van der Waals surface area contributed by atoms with E-state index in [2.05, 4.69) is 5.32 Å². The number of amides is 1. The summed E-state index contributed by atoms with van der Waals surface area (Å²) < 4.78 is 5.67. The third kappa shape index (κ3) is 3.41. The monoisotopic (exact) mass is 367 g/mol. The van der Waals surface area contributed by atoms with Gasteiger partial charge in [-0.05, 0) is 32.3 Å². The van der Waals surface area contributed by atoms with Crippen LogP contribution < -0.4 is 15.8 Å². The van der Waals surface area contributed by atoms with Gasteiger partial charge in [0.2, 0.25) is 5.91 Å². The van der Waals surface area contributed by atoms with E-state index in [1.807, 2.05) is 19.0 Å². The lowest BCUT2D eigenvalue weighted by Gasteiger charge is -2.22. The molecular formula is C20H21N3O4. The zero-order chi connectivity index (χ0) is 19.7. The van der Waals surface area contributed by atoms with Crippen LogP contribution >= 0.6 is 0 Å². The van der Waals surface area contributed by atoms with Crippen LogP contribution in [0.2, 0.25) is 0 Å². The Morgan fingerprint density at radius 1 is 1.07 bits per heavy atom. The van der Waals surface area contributed by atoms with Crippen LogP contribution in [0.4, 0.5) is 11.4 Å². The number of carbonyl (C=O) groups excluding carboxylic acids is 3. The zero-order valence-electron chi connectivity index (χ0n) is 15.5. The normalized spacial score (nSPS) is 12.6. The summed E-state index contributed by atoms with van der Waals surface area (Å²) in [6, 6.07) is 7.92. The number of hydrogen-bond donors (Lipinski definition) is 2. The molecule has 2 aromatic rings. The summed E-state index contributed by atoms with van der Waals surface area (Å²) in [6.45, 7) is 2.44. The molecule has 0 atom stereocenters. The Balaban J connectivity index is 2.04. The highest BCUT2D eigenvalue weighted by atomic mass is 16.5. The van der Waals surface area contributed by atoms with Gasteiger partial charge in [-0.15, -0.1) is 0 Å². The van der Waals surface area contributed by atoms with E-state index in [-0.39, 0.29) is 45.4 Å². The first-order valence-electron chi connectivity index (χ1n) is 8.51. The van der Waals surface area contributed by atoms with Crippen molar-refractivity contribution < 1.29 is 19.1 Å². The molecule has 0 saturated heterocycles. The minimum atomic E-state index is -0.359. The van der Waals surface area contributed by atoms with Gasteiger partial charge in [-0.25, -0.2) is 0 Å². The largest absolute Gasteiger partial charge is 0.490 e. The van der Waals surface area contributed by atoms with E-state index >= 15 is 0 Å². The molecule has 1 aliphatic rings. The summed E-state index contributed by atoms with van der Waals surface area (Å²) in [6.07, 6.45) is 0. The molecule has 0 radical (unpaired) electrons. The number of carbonyl (C=O) groups is 3. The summed E-state index contributed by atoms with van der Waals surface area (Å²) >= 11 is 0. The number of fused-ring (bicyclic) bond motifs is 2. The minimum Gasteiger partial charge on any atom is -0.490 e. The van der Waals surface area contributed by atoms with Crippen molar-refractivity contribution in [3.63, 3.8) is 0 Å². The van der Waals surface area contributed by atoms with Crippen molar-refractivity contribution >= 4 is 28.8 Å². The predicted octanol–water partition coefficient (Wildman–Crippen LogP) is 1.94. The van der Waals surface area contributed by atoms with Gasteiger partial charge in [0.1, 0.15) is 12.4 Å². The summed E-state index contributed by atoms with van der Waals surface area (Å²) in [5.41, 5.74) is 7.40. The predicted molar refractivity (Wildman–Crippen MR) is 103 cm³/mol. The van der Waals surface area contributed by atoms with Crippen molar-refractivity contribution in [2.24, 2.45) is 0 Å². The van der Waals surface area contributed by atoms with Crippen LogP contribution in [0.1, 0.15) is 38.8 Å². The van der Waals surface area contributed by atoms with Crippen LogP contribution in [-0.2, 0) is 4.79 Å². The number of nitrogens with one attached hydrogen (secondary N) is 1. The van der Waals surface area contributed by atoms with Crippen LogP contribution in [-0.4, -0.2) is 49.6 Å². The highest BCUT2D eigenvalue weighted by molar-refractivity contribution is 6.32. The summed E-state index contributed by atoms with van der Waals surface area (Å²) in [5, 5.41) is 2.61. The third-order valence-electron chi connectivity index (χ3n) is 4.32. The van der Waals surface area contributed by atoms with Gasteiger partial charge >= 0.3 is 0 Å². The molecule has 0 spiro atoms. The highest BCUT2D eigenvalue weighted by Crippen LogP contribution is 2.38. The second kappa shape index (κ2) is 7.20. The smallest absolute Gasteiger partial charge is 0.221 e. The number of ketones is 2. The lowest BCUT2D eigenvalue weighted by atomic mass is 9.82. The van der Waals surface area contributed by atoms with E-state index in [9.17, 15) is 14.4 Å². The number of nitrogen functional groups attached to an aromatic ring is 1. The van der Waals surface area contributed by atoms with Gasteiger partial charge in [0.15, 0.2) is 11.6 Å². The molecule has 0 fully saturated rings. The summed E-state index contributed by atoms with van der Waals surface area (Å²) in [5.74, 6) is -0.658. The van der Waals surface area contributed by atoms with Gasteiger partial charge in [-0.1, -0.05) is 12.1 Å². The SMILES string of the molecule is CC(=O)Nc1cccc2c1C(=O)c1ccc(OCCN(C)C)c(N)c1C2=O. The Labute approximate surface area is 157 Å². The Kier molecular flexibility index (Phi) is 4.96. The number of rotatable bonds is 5. The van der Waals surface area contributed by atoms with Crippen LogP contribution in [0.5, 0.6) is 5.75 Å². The topological polar surface area (TPSA) is 102 Å². The van der Waals surface area contributed by atoms with Gasteiger partial charge < -0.3 is 20.7 Å². The standard InChI is InChI=1S/C20H21N3O4/c1-11(24)22-14-6-4-5-12-16(14)19(25)13-7-8-15(27-10-9-23(2)3)18(21)17(13)20(12)26/h4-8H,9-10,21H2,1-3H3,(H,22,24). The maximum atomic E-state index is 13.0. The molecule has 0 heterocycles. The van der Waals surface area contributed by atoms with E-state index in [1.54, 1.807) is 30.3 Å². The molecule has 7 heteroatoms. The molecule has 0 saturated carbocycles. The van der Waals surface area contributed by atoms with Crippen LogP contribution in [0.3, 0.4) is 0 Å². The van der Waals surface area contributed by atoms with Crippen molar-refractivity contribution in [2.75, 3.05) is 38.3 Å².